The Labute approximate surface area is 114 Å². The van der Waals surface area contributed by atoms with Crippen molar-refractivity contribution < 1.29 is 9.53 Å². The van der Waals surface area contributed by atoms with Crippen LogP contribution in [-0.2, 0) is 4.74 Å². The van der Waals surface area contributed by atoms with Crippen molar-refractivity contribution in [3.05, 3.63) is 29.8 Å². The van der Waals surface area contributed by atoms with Crippen LogP contribution < -0.4 is 5.32 Å². The van der Waals surface area contributed by atoms with E-state index >= 15 is 0 Å². The minimum atomic E-state index is -0.357. The number of rotatable bonds is 4. The number of amides is 1. The van der Waals surface area contributed by atoms with Crippen molar-refractivity contribution in [3.8, 4) is 0 Å². The van der Waals surface area contributed by atoms with Crippen molar-refractivity contribution in [2.75, 3.05) is 31.6 Å². The van der Waals surface area contributed by atoms with Crippen molar-refractivity contribution in [1.29, 1.82) is 0 Å². The van der Waals surface area contributed by atoms with E-state index in [0.717, 1.165) is 37.3 Å². The molecule has 1 saturated heterocycles. The highest BCUT2D eigenvalue weighted by molar-refractivity contribution is 5.85. The van der Waals surface area contributed by atoms with Crippen LogP contribution in [0.3, 0.4) is 0 Å². The van der Waals surface area contributed by atoms with Crippen LogP contribution in [0.25, 0.3) is 0 Å². The quantitative estimate of drug-likeness (QED) is 0.907. The Morgan fingerprint density at radius 2 is 2.26 bits per heavy atom. The average Bonchev–Trinajstić information content (AvgIpc) is 2.87. The van der Waals surface area contributed by atoms with Crippen LogP contribution in [0.4, 0.5) is 10.5 Å². The first-order valence-corrected chi connectivity index (χ1v) is 6.90. The fourth-order valence-corrected chi connectivity index (χ4v) is 2.39. The number of para-hydroxylation sites is 1. The summed E-state index contributed by atoms with van der Waals surface area (Å²) < 4.78 is 5.30. The Balaban J connectivity index is 1.75. The second-order valence-corrected chi connectivity index (χ2v) is 5.09. The number of carbonyl (C=O) groups excluding carboxylic acids is 1. The molecule has 0 radical (unpaired) electrons. The maximum Gasteiger partial charge on any atom is 0.411 e. The number of hydrogen-bond donors (Lipinski definition) is 1. The zero-order valence-corrected chi connectivity index (χ0v) is 11.7. The predicted molar refractivity (Wildman–Crippen MR) is 76.4 cm³/mol. The number of likely N-dealkylation sites (tertiary alicyclic amines) is 1. The monoisotopic (exact) mass is 262 g/mol. The zero-order valence-electron chi connectivity index (χ0n) is 11.7. The molecule has 1 aromatic carbocycles. The third-order valence-electron chi connectivity index (χ3n) is 3.65. The summed E-state index contributed by atoms with van der Waals surface area (Å²) in [5.74, 6) is 0.475. The molecular weight excluding hydrogens is 240 g/mol. The number of nitrogens with one attached hydrogen (secondary N) is 1. The fourth-order valence-electron chi connectivity index (χ4n) is 2.39. The van der Waals surface area contributed by atoms with Crippen molar-refractivity contribution >= 4 is 11.8 Å². The molecule has 0 spiro atoms. The van der Waals surface area contributed by atoms with Gasteiger partial charge in [-0.05, 0) is 38.1 Å². The van der Waals surface area contributed by atoms with Crippen LogP contribution >= 0.6 is 0 Å². The summed E-state index contributed by atoms with van der Waals surface area (Å²) in [5, 5.41) is 2.78. The Morgan fingerprint density at radius 3 is 2.95 bits per heavy atom. The Bertz CT molecular complexity index is 434. The first kappa shape index (κ1) is 13.9. The third-order valence-corrected chi connectivity index (χ3v) is 3.65. The molecule has 1 aliphatic heterocycles. The molecule has 1 aliphatic rings. The van der Waals surface area contributed by atoms with Crippen LogP contribution in [0, 0.1) is 12.8 Å². The smallest absolute Gasteiger partial charge is 0.411 e. The second kappa shape index (κ2) is 6.57. The molecule has 1 N–H and O–H groups in total. The molecule has 1 atom stereocenters. The van der Waals surface area contributed by atoms with E-state index in [1.54, 1.807) is 0 Å². The lowest BCUT2D eigenvalue weighted by Gasteiger charge is -2.14. The molecule has 2 rings (SSSR count). The van der Waals surface area contributed by atoms with Crippen molar-refractivity contribution in [2.24, 2.45) is 5.92 Å². The van der Waals surface area contributed by atoms with Gasteiger partial charge in [0, 0.05) is 18.2 Å². The molecule has 1 amide bonds. The summed E-state index contributed by atoms with van der Waals surface area (Å²) in [6.45, 7) is 7.86. The van der Waals surface area contributed by atoms with Crippen LogP contribution in [0.2, 0.25) is 0 Å². The highest BCUT2D eigenvalue weighted by atomic mass is 16.5. The fraction of sp³-hybridized carbons (Fsp3) is 0.533. The Hall–Kier alpha value is -1.55. The van der Waals surface area contributed by atoms with Gasteiger partial charge in [0.25, 0.3) is 0 Å². The minimum Gasteiger partial charge on any atom is -0.449 e. The number of ether oxygens (including phenoxy) is 1. The largest absolute Gasteiger partial charge is 0.449 e. The lowest BCUT2D eigenvalue weighted by atomic mass is 10.1. The van der Waals surface area contributed by atoms with Gasteiger partial charge in [0.15, 0.2) is 0 Å². The highest BCUT2D eigenvalue weighted by Gasteiger charge is 2.22. The minimum absolute atomic E-state index is 0.357. The Kier molecular flexibility index (Phi) is 4.80. The normalized spacial score (nSPS) is 19.4. The lowest BCUT2D eigenvalue weighted by Crippen LogP contribution is -2.23. The molecule has 0 bridgehead atoms. The predicted octanol–water partition coefficient (Wildman–Crippen LogP) is 2.89. The molecule has 0 saturated carbocycles. The first-order chi connectivity index (χ1) is 9.19. The molecule has 1 heterocycles. The van der Waals surface area contributed by atoms with E-state index in [1.807, 2.05) is 31.2 Å². The van der Waals surface area contributed by atoms with Gasteiger partial charge in [-0.25, -0.2) is 4.79 Å². The van der Waals surface area contributed by atoms with Gasteiger partial charge in [-0.3, -0.25) is 5.32 Å². The van der Waals surface area contributed by atoms with Gasteiger partial charge < -0.3 is 9.64 Å². The van der Waals surface area contributed by atoms with E-state index in [4.69, 9.17) is 4.74 Å². The number of carbonyl (C=O) groups is 1. The van der Waals surface area contributed by atoms with Crippen LogP contribution in [0.1, 0.15) is 18.9 Å². The van der Waals surface area contributed by atoms with Crippen LogP contribution in [-0.4, -0.2) is 37.2 Å². The third kappa shape index (κ3) is 3.96. The van der Waals surface area contributed by atoms with Gasteiger partial charge in [0.2, 0.25) is 0 Å². The molecule has 104 valence electrons. The number of nitrogens with zero attached hydrogens (tertiary/aromatic N) is 1. The Morgan fingerprint density at radius 1 is 1.47 bits per heavy atom. The molecule has 1 fully saturated rings. The summed E-state index contributed by atoms with van der Waals surface area (Å²) in [6, 6.07) is 7.69. The lowest BCUT2D eigenvalue weighted by molar-refractivity contribution is 0.141. The number of benzene rings is 1. The molecule has 4 heteroatoms. The topological polar surface area (TPSA) is 41.6 Å². The van der Waals surface area contributed by atoms with E-state index in [1.165, 1.54) is 0 Å². The summed E-state index contributed by atoms with van der Waals surface area (Å²) in [7, 11) is 0. The molecular formula is C15H22N2O2. The van der Waals surface area contributed by atoms with Gasteiger partial charge in [0.05, 0.1) is 6.61 Å². The summed E-state index contributed by atoms with van der Waals surface area (Å²) in [5.41, 5.74) is 1.85. The van der Waals surface area contributed by atoms with Gasteiger partial charge in [-0.15, -0.1) is 0 Å². The van der Waals surface area contributed by atoms with Crippen molar-refractivity contribution in [3.63, 3.8) is 0 Å². The number of aryl methyl sites for hydroxylation is 1. The molecule has 1 aromatic rings. The summed E-state index contributed by atoms with van der Waals surface area (Å²) >= 11 is 0. The highest BCUT2D eigenvalue weighted by Crippen LogP contribution is 2.17. The maximum atomic E-state index is 11.7. The van der Waals surface area contributed by atoms with Gasteiger partial charge in [-0.1, -0.05) is 25.1 Å². The number of anilines is 1. The number of hydrogen-bond acceptors (Lipinski definition) is 3. The van der Waals surface area contributed by atoms with Gasteiger partial charge >= 0.3 is 6.09 Å². The van der Waals surface area contributed by atoms with Gasteiger partial charge in [-0.2, -0.15) is 0 Å². The van der Waals surface area contributed by atoms with Crippen LogP contribution in [0.5, 0.6) is 0 Å². The molecule has 1 unspecified atom stereocenters. The molecule has 4 nitrogen and oxygen atoms in total. The zero-order chi connectivity index (χ0) is 13.7. The van der Waals surface area contributed by atoms with Crippen molar-refractivity contribution in [2.45, 2.75) is 20.3 Å². The SMILES string of the molecule is CCN1CCC(COC(=O)Nc2ccccc2C)C1. The second-order valence-electron chi connectivity index (χ2n) is 5.09. The maximum absolute atomic E-state index is 11.7. The summed E-state index contributed by atoms with van der Waals surface area (Å²) in [6.07, 6.45) is 0.759. The molecule has 0 aliphatic carbocycles. The average molecular weight is 262 g/mol. The first-order valence-electron chi connectivity index (χ1n) is 6.90. The summed E-state index contributed by atoms with van der Waals surface area (Å²) in [4.78, 5) is 14.1. The van der Waals surface area contributed by atoms with Gasteiger partial charge in [0.1, 0.15) is 0 Å². The van der Waals surface area contributed by atoms with E-state index in [0.29, 0.717) is 12.5 Å². The van der Waals surface area contributed by atoms with Crippen molar-refractivity contribution in [1.82, 2.24) is 4.90 Å². The standard InChI is InChI=1S/C15H22N2O2/c1-3-17-9-8-13(10-17)11-19-15(18)16-14-7-5-4-6-12(14)2/h4-7,13H,3,8-11H2,1-2H3,(H,16,18). The van der Waals surface area contributed by atoms with E-state index in [-0.39, 0.29) is 6.09 Å². The molecule has 19 heavy (non-hydrogen) atoms. The van der Waals surface area contributed by atoms with E-state index in [2.05, 4.69) is 17.1 Å². The molecule has 0 aromatic heterocycles. The van der Waals surface area contributed by atoms with E-state index in [9.17, 15) is 4.79 Å². The van der Waals surface area contributed by atoms with Crippen LogP contribution in [0.15, 0.2) is 24.3 Å². The van der Waals surface area contributed by atoms with E-state index < -0.39 is 0 Å².